The summed E-state index contributed by atoms with van der Waals surface area (Å²) in [7, 11) is 0. The van der Waals surface area contributed by atoms with Crippen molar-refractivity contribution in [2.45, 2.75) is 39.8 Å². The van der Waals surface area contributed by atoms with Crippen LogP contribution in [0.3, 0.4) is 0 Å². The molecule has 1 aliphatic rings. The molecule has 0 spiro atoms. The number of amides is 1. The zero-order chi connectivity index (χ0) is 15.4. The van der Waals surface area contributed by atoms with Crippen LogP contribution in [0.5, 0.6) is 5.75 Å². The number of aryl methyl sites for hydroxylation is 1. The molecule has 0 bridgehead atoms. The standard InChI is InChI=1S/C17H26N2O2/c1-12(2)16-10-19(14(4)9-18-16)17(20)11-21-15-7-5-13(3)6-8-15/h5-8,12,14,16,18H,9-11H2,1-4H3. The Balaban J connectivity index is 1.90. The minimum absolute atomic E-state index is 0.0650. The molecule has 0 aromatic heterocycles. The van der Waals surface area contributed by atoms with Crippen LogP contribution >= 0.6 is 0 Å². The van der Waals surface area contributed by atoms with Gasteiger partial charge < -0.3 is 15.0 Å². The Morgan fingerprint density at radius 3 is 2.67 bits per heavy atom. The van der Waals surface area contributed by atoms with E-state index in [0.29, 0.717) is 12.0 Å². The summed E-state index contributed by atoms with van der Waals surface area (Å²) >= 11 is 0. The minimum Gasteiger partial charge on any atom is -0.484 e. The molecule has 4 heteroatoms. The van der Waals surface area contributed by atoms with E-state index in [9.17, 15) is 4.79 Å². The number of hydrogen-bond acceptors (Lipinski definition) is 3. The molecule has 2 atom stereocenters. The van der Waals surface area contributed by atoms with Gasteiger partial charge in [-0.3, -0.25) is 4.79 Å². The summed E-state index contributed by atoms with van der Waals surface area (Å²) in [6.07, 6.45) is 0. The van der Waals surface area contributed by atoms with E-state index in [-0.39, 0.29) is 18.6 Å². The highest BCUT2D eigenvalue weighted by Gasteiger charge is 2.29. The Morgan fingerprint density at radius 2 is 2.05 bits per heavy atom. The quantitative estimate of drug-likeness (QED) is 0.924. The predicted octanol–water partition coefficient (Wildman–Crippen LogP) is 2.22. The molecule has 1 fully saturated rings. The number of carbonyl (C=O) groups excluding carboxylic acids is 1. The van der Waals surface area contributed by atoms with Gasteiger partial charge in [0.15, 0.2) is 6.61 Å². The maximum atomic E-state index is 12.4. The lowest BCUT2D eigenvalue weighted by atomic mass is 10.00. The summed E-state index contributed by atoms with van der Waals surface area (Å²) in [5.41, 5.74) is 1.18. The third-order valence-corrected chi connectivity index (χ3v) is 4.11. The van der Waals surface area contributed by atoms with Crippen LogP contribution < -0.4 is 10.1 Å². The monoisotopic (exact) mass is 290 g/mol. The average molecular weight is 290 g/mol. The van der Waals surface area contributed by atoms with Crippen LogP contribution in [0.25, 0.3) is 0 Å². The molecule has 1 amide bonds. The molecule has 0 aliphatic carbocycles. The van der Waals surface area contributed by atoms with E-state index >= 15 is 0 Å². The number of nitrogens with one attached hydrogen (secondary N) is 1. The Bertz CT molecular complexity index is 470. The van der Waals surface area contributed by atoms with Gasteiger partial charge in [0, 0.05) is 25.2 Å². The van der Waals surface area contributed by atoms with E-state index in [1.165, 1.54) is 5.56 Å². The Kier molecular flexibility index (Phi) is 5.23. The summed E-state index contributed by atoms with van der Waals surface area (Å²) in [5, 5.41) is 3.50. The Morgan fingerprint density at radius 1 is 1.38 bits per heavy atom. The zero-order valence-corrected chi connectivity index (χ0v) is 13.4. The van der Waals surface area contributed by atoms with Gasteiger partial charge >= 0.3 is 0 Å². The van der Waals surface area contributed by atoms with Gasteiger partial charge in [0.1, 0.15) is 5.75 Å². The number of rotatable bonds is 4. The highest BCUT2D eigenvalue weighted by molar-refractivity contribution is 5.78. The molecule has 0 radical (unpaired) electrons. The third kappa shape index (κ3) is 4.21. The molecule has 2 unspecified atom stereocenters. The van der Waals surface area contributed by atoms with Crippen LogP contribution in [0.1, 0.15) is 26.3 Å². The lowest BCUT2D eigenvalue weighted by Gasteiger charge is -2.40. The van der Waals surface area contributed by atoms with Gasteiger partial charge in [-0.15, -0.1) is 0 Å². The predicted molar refractivity (Wildman–Crippen MR) is 84.5 cm³/mol. The lowest BCUT2D eigenvalue weighted by Crippen LogP contribution is -2.59. The van der Waals surface area contributed by atoms with E-state index < -0.39 is 0 Å². The zero-order valence-electron chi connectivity index (χ0n) is 13.4. The Labute approximate surface area is 127 Å². The summed E-state index contributed by atoms with van der Waals surface area (Å²) in [4.78, 5) is 14.3. The fraction of sp³-hybridized carbons (Fsp3) is 0.588. The van der Waals surface area contributed by atoms with Crippen LogP contribution in [0, 0.1) is 12.8 Å². The summed E-state index contributed by atoms with van der Waals surface area (Å²) < 4.78 is 5.61. The van der Waals surface area contributed by atoms with Crippen molar-refractivity contribution in [3.63, 3.8) is 0 Å². The van der Waals surface area contributed by atoms with E-state index in [2.05, 4.69) is 26.1 Å². The highest BCUT2D eigenvalue weighted by atomic mass is 16.5. The molecular formula is C17H26N2O2. The lowest BCUT2D eigenvalue weighted by molar-refractivity contribution is -0.137. The maximum Gasteiger partial charge on any atom is 0.260 e. The molecule has 4 nitrogen and oxygen atoms in total. The molecule has 0 saturated carbocycles. The summed E-state index contributed by atoms with van der Waals surface area (Å²) in [6.45, 7) is 10.2. The normalized spacial score (nSPS) is 22.4. The molecule has 116 valence electrons. The minimum atomic E-state index is 0.0650. The van der Waals surface area contributed by atoms with Gasteiger partial charge in [0.2, 0.25) is 0 Å². The molecule has 1 saturated heterocycles. The molecule has 1 heterocycles. The van der Waals surface area contributed by atoms with Crippen LogP contribution in [0.15, 0.2) is 24.3 Å². The molecule has 1 aromatic carbocycles. The van der Waals surface area contributed by atoms with Crippen LogP contribution in [0.4, 0.5) is 0 Å². The van der Waals surface area contributed by atoms with E-state index in [0.717, 1.165) is 18.8 Å². The third-order valence-electron chi connectivity index (χ3n) is 4.11. The summed E-state index contributed by atoms with van der Waals surface area (Å²) in [5.74, 6) is 1.33. The van der Waals surface area contributed by atoms with Gasteiger partial charge in [-0.05, 0) is 31.9 Å². The number of nitrogens with zero attached hydrogens (tertiary/aromatic N) is 1. The molecule has 1 aromatic rings. The molecule has 2 rings (SSSR count). The first kappa shape index (κ1) is 15.8. The van der Waals surface area contributed by atoms with Gasteiger partial charge in [-0.2, -0.15) is 0 Å². The fourth-order valence-corrected chi connectivity index (χ4v) is 2.55. The molecule has 21 heavy (non-hydrogen) atoms. The molecule has 1 aliphatic heterocycles. The van der Waals surface area contributed by atoms with E-state index in [4.69, 9.17) is 4.74 Å². The fourth-order valence-electron chi connectivity index (χ4n) is 2.55. The van der Waals surface area contributed by atoms with E-state index in [1.807, 2.05) is 36.1 Å². The second-order valence-electron chi connectivity index (χ2n) is 6.26. The second kappa shape index (κ2) is 6.94. The average Bonchev–Trinajstić information content (AvgIpc) is 2.46. The van der Waals surface area contributed by atoms with Gasteiger partial charge in [-0.1, -0.05) is 31.5 Å². The molecule has 1 N–H and O–H groups in total. The largest absolute Gasteiger partial charge is 0.484 e. The SMILES string of the molecule is Cc1ccc(OCC(=O)N2CC(C(C)C)NCC2C)cc1. The van der Waals surface area contributed by atoms with Gasteiger partial charge in [-0.25, -0.2) is 0 Å². The van der Waals surface area contributed by atoms with Crippen molar-refractivity contribution in [1.29, 1.82) is 0 Å². The maximum absolute atomic E-state index is 12.4. The van der Waals surface area contributed by atoms with Crippen molar-refractivity contribution < 1.29 is 9.53 Å². The first-order chi connectivity index (χ1) is 9.97. The number of piperazine rings is 1. The molecular weight excluding hydrogens is 264 g/mol. The number of carbonyl (C=O) groups is 1. The first-order valence-corrected chi connectivity index (χ1v) is 7.69. The number of hydrogen-bond donors (Lipinski definition) is 1. The number of ether oxygens (including phenoxy) is 1. The second-order valence-corrected chi connectivity index (χ2v) is 6.26. The van der Waals surface area contributed by atoms with Gasteiger partial charge in [0.25, 0.3) is 5.91 Å². The van der Waals surface area contributed by atoms with Crippen LogP contribution in [0.2, 0.25) is 0 Å². The van der Waals surface area contributed by atoms with Crippen molar-refractivity contribution in [2.75, 3.05) is 19.7 Å². The van der Waals surface area contributed by atoms with Crippen molar-refractivity contribution >= 4 is 5.91 Å². The van der Waals surface area contributed by atoms with Crippen molar-refractivity contribution in [3.8, 4) is 5.75 Å². The summed E-state index contributed by atoms with van der Waals surface area (Å²) in [6, 6.07) is 8.37. The Hall–Kier alpha value is -1.55. The van der Waals surface area contributed by atoms with Gasteiger partial charge in [0.05, 0.1) is 0 Å². The first-order valence-electron chi connectivity index (χ1n) is 7.69. The van der Waals surface area contributed by atoms with E-state index in [1.54, 1.807) is 0 Å². The number of benzene rings is 1. The van der Waals surface area contributed by atoms with Crippen LogP contribution in [-0.2, 0) is 4.79 Å². The smallest absolute Gasteiger partial charge is 0.260 e. The van der Waals surface area contributed by atoms with Crippen molar-refractivity contribution in [1.82, 2.24) is 10.2 Å². The van der Waals surface area contributed by atoms with Crippen LogP contribution in [-0.4, -0.2) is 42.6 Å². The van der Waals surface area contributed by atoms with Crippen molar-refractivity contribution in [3.05, 3.63) is 29.8 Å². The van der Waals surface area contributed by atoms with Crippen molar-refractivity contribution in [2.24, 2.45) is 5.92 Å². The highest BCUT2D eigenvalue weighted by Crippen LogP contribution is 2.15. The topological polar surface area (TPSA) is 41.6 Å².